The number of nitrogens with one attached hydrogen (secondary N) is 1. The third kappa shape index (κ3) is 3.84. The molecule has 4 heteroatoms. The molecule has 0 aromatic carbocycles. The number of hydrogen-bond acceptors (Lipinski definition) is 4. The lowest BCUT2D eigenvalue weighted by Gasteiger charge is -2.36. The Kier molecular flexibility index (Phi) is 3.94. The van der Waals surface area contributed by atoms with Gasteiger partial charge in [-0.2, -0.15) is 0 Å². The van der Waals surface area contributed by atoms with Gasteiger partial charge < -0.3 is 11.1 Å². The van der Waals surface area contributed by atoms with Crippen molar-refractivity contribution in [2.45, 2.75) is 71.8 Å². The molecule has 1 unspecified atom stereocenters. The summed E-state index contributed by atoms with van der Waals surface area (Å²) in [7, 11) is 0. The van der Waals surface area contributed by atoms with Crippen LogP contribution in [0.1, 0.15) is 66.1 Å². The van der Waals surface area contributed by atoms with Crippen LogP contribution in [0.2, 0.25) is 0 Å². The van der Waals surface area contributed by atoms with Gasteiger partial charge in [-0.15, -0.1) is 0 Å². The molecule has 20 heavy (non-hydrogen) atoms. The van der Waals surface area contributed by atoms with Gasteiger partial charge in [-0.3, -0.25) is 0 Å². The number of nitrogens with zero attached hydrogens (tertiary/aromatic N) is 2. The van der Waals surface area contributed by atoms with Gasteiger partial charge in [-0.25, -0.2) is 9.97 Å². The summed E-state index contributed by atoms with van der Waals surface area (Å²) in [5, 5.41) is 3.56. The topological polar surface area (TPSA) is 63.8 Å². The largest absolute Gasteiger partial charge is 0.384 e. The second kappa shape index (κ2) is 5.23. The van der Waals surface area contributed by atoms with Crippen LogP contribution in [0.25, 0.3) is 0 Å². The normalized spacial score (nSPS) is 22.6. The van der Waals surface area contributed by atoms with E-state index in [4.69, 9.17) is 5.73 Å². The first kappa shape index (κ1) is 15.1. The van der Waals surface area contributed by atoms with Crippen molar-refractivity contribution >= 4 is 11.6 Å². The smallest absolute Gasteiger partial charge is 0.138 e. The summed E-state index contributed by atoms with van der Waals surface area (Å²) < 4.78 is 0. The van der Waals surface area contributed by atoms with Crippen molar-refractivity contribution in [3.05, 3.63) is 11.9 Å². The van der Waals surface area contributed by atoms with Crippen LogP contribution in [0.15, 0.2) is 6.07 Å². The second-order valence-electron chi connectivity index (χ2n) is 7.85. The maximum absolute atomic E-state index is 5.92. The molecule has 1 saturated carbocycles. The number of anilines is 2. The Hall–Kier alpha value is -1.32. The maximum atomic E-state index is 5.92. The minimum Gasteiger partial charge on any atom is -0.384 e. The van der Waals surface area contributed by atoms with Crippen LogP contribution in [0, 0.1) is 5.41 Å². The van der Waals surface area contributed by atoms with Gasteiger partial charge >= 0.3 is 0 Å². The SMILES string of the molecule is CC1(C)CCCC(Nc2cc(N)nc(C(C)(C)C)n2)C1. The molecular formula is C16H28N4. The zero-order chi connectivity index (χ0) is 15.0. The summed E-state index contributed by atoms with van der Waals surface area (Å²) in [5.41, 5.74) is 6.26. The quantitative estimate of drug-likeness (QED) is 0.863. The Balaban J connectivity index is 2.15. The number of rotatable bonds is 2. The van der Waals surface area contributed by atoms with Gasteiger partial charge in [-0.1, -0.05) is 41.0 Å². The molecule has 0 aliphatic heterocycles. The minimum atomic E-state index is -0.0857. The van der Waals surface area contributed by atoms with Crippen molar-refractivity contribution in [1.29, 1.82) is 0 Å². The summed E-state index contributed by atoms with van der Waals surface area (Å²) in [4.78, 5) is 9.00. The molecule has 4 nitrogen and oxygen atoms in total. The number of hydrogen-bond donors (Lipinski definition) is 2. The van der Waals surface area contributed by atoms with E-state index < -0.39 is 0 Å². The molecule has 1 aromatic rings. The van der Waals surface area contributed by atoms with Crippen LogP contribution in [-0.4, -0.2) is 16.0 Å². The summed E-state index contributed by atoms with van der Waals surface area (Å²) in [5.74, 6) is 2.21. The molecular weight excluding hydrogens is 248 g/mol. The molecule has 112 valence electrons. The molecule has 0 amide bonds. The van der Waals surface area contributed by atoms with Gasteiger partial charge in [0.15, 0.2) is 0 Å². The van der Waals surface area contributed by atoms with Crippen LogP contribution in [0.4, 0.5) is 11.6 Å². The molecule has 1 heterocycles. The van der Waals surface area contributed by atoms with E-state index >= 15 is 0 Å². The lowest BCUT2D eigenvalue weighted by Crippen LogP contribution is -2.32. The van der Waals surface area contributed by atoms with Crippen molar-refractivity contribution in [3.8, 4) is 0 Å². The number of nitrogen functional groups attached to an aromatic ring is 1. The van der Waals surface area contributed by atoms with E-state index in [1.165, 1.54) is 25.7 Å². The second-order valence-corrected chi connectivity index (χ2v) is 7.85. The Labute approximate surface area is 122 Å². The molecule has 3 N–H and O–H groups in total. The molecule has 0 bridgehead atoms. The van der Waals surface area contributed by atoms with Crippen molar-refractivity contribution in [2.75, 3.05) is 11.1 Å². The van der Waals surface area contributed by atoms with Gasteiger partial charge in [0.25, 0.3) is 0 Å². The predicted molar refractivity (Wildman–Crippen MR) is 84.8 cm³/mol. The third-order valence-electron chi connectivity index (χ3n) is 3.97. The van der Waals surface area contributed by atoms with Gasteiger partial charge in [-0.05, 0) is 24.7 Å². The van der Waals surface area contributed by atoms with E-state index in [9.17, 15) is 0 Å². The molecule has 0 radical (unpaired) electrons. The summed E-state index contributed by atoms with van der Waals surface area (Å²) in [6.07, 6.45) is 4.97. The van der Waals surface area contributed by atoms with Crippen LogP contribution >= 0.6 is 0 Å². The van der Waals surface area contributed by atoms with Crippen LogP contribution in [0.5, 0.6) is 0 Å². The highest BCUT2D eigenvalue weighted by atomic mass is 15.1. The highest BCUT2D eigenvalue weighted by Crippen LogP contribution is 2.36. The third-order valence-corrected chi connectivity index (χ3v) is 3.97. The van der Waals surface area contributed by atoms with Crippen molar-refractivity contribution < 1.29 is 0 Å². The predicted octanol–water partition coefficient (Wildman–Crippen LogP) is 3.74. The molecule has 1 atom stereocenters. The summed E-state index contributed by atoms with van der Waals surface area (Å²) >= 11 is 0. The van der Waals surface area contributed by atoms with E-state index in [2.05, 4.69) is 49.9 Å². The van der Waals surface area contributed by atoms with Crippen LogP contribution < -0.4 is 11.1 Å². The average Bonchev–Trinajstić information content (AvgIpc) is 2.25. The van der Waals surface area contributed by atoms with E-state index in [0.717, 1.165) is 11.6 Å². The standard InChI is InChI=1S/C16H28N4/c1-15(2,3)14-19-12(17)9-13(20-14)18-11-7-6-8-16(4,5)10-11/h9,11H,6-8,10H2,1-5H3,(H3,17,18,19,20). The first-order valence-corrected chi connectivity index (χ1v) is 7.57. The zero-order valence-electron chi connectivity index (χ0n) is 13.5. The first-order valence-electron chi connectivity index (χ1n) is 7.57. The molecule has 1 aliphatic carbocycles. The zero-order valence-corrected chi connectivity index (χ0v) is 13.5. The van der Waals surface area contributed by atoms with E-state index in [-0.39, 0.29) is 5.41 Å². The Morgan fingerprint density at radius 1 is 1.30 bits per heavy atom. The first-order chi connectivity index (χ1) is 9.16. The molecule has 1 fully saturated rings. The highest BCUT2D eigenvalue weighted by Gasteiger charge is 2.28. The lowest BCUT2D eigenvalue weighted by molar-refractivity contribution is 0.229. The highest BCUT2D eigenvalue weighted by molar-refractivity contribution is 5.46. The van der Waals surface area contributed by atoms with Gasteiger partial charge in [0.1, 0.15) is 17.5 Å². The van der Waals surface area contributed by atoms with Crippen LogP contribution in [-0.2, 0) is 5.41 Å². The van der Waals surface area contributed by atoms with Crippen molar-refractivity contribution in [3.63, 3.8) is 0 Å². The monoisotopic (exact) mass is 276 g/mol. The fraction of sp³-hybridized carbons (Fsp3) is 0.750. The average molecular weight is 276 g/mol. The fourth-order valence-corrected chi connectivity index (χ4v) is 2.91. The molecule has 2 rings (SSSR count). The van der Waals surface area contributed by atoms with E-state index in [0.29, 0.717) is 17.3 Å². The van der Waals surface area contributed by atoms with Crippen molar-refractivity contribution in [2.24, 2.45) is 5.41 Å². The fourth-order valence-electron chi connectivity index (χ4n) is 2.91. The molecule has 1 aliphatic rings. The minimum absolute atomic E-state index is 0.0857. The Morgan fingerprint density at radius 2 is 2.00 bits per heavy atom. The van der Waals surface area contributed by atoms with Gasteiger partial charge in [0.2, 0.25) is 0 Å². The van der Waals surface area contributed by atoms with E-state index in [1.54, 1.807) is 0 Å². The molecule has 1 aromatic heterocycles. The summed E-state index contributed by atoms with van der Waals surface area (Å²) in [6, 6.07) is 2.33. The van der Waals surface area contributed by atoms with Crippen LogP contribution in [0.3, 0.4) is 0 Å². The Bertz CT molecular complexity index is 474. The lowest BCUT2D eigenvalue weighted by atomic mass is 9.75. The summed E-state index contributed by atoms with van der Waals surface area (Å²) in [6.45, 7) is 11.0. The Morgan fingerprint density at radius 3 is 2.60 bits per heavy atom. The molecule has 0 saturated heterocycles. The van der Waals surface area contributed by atoms with Gasteiger partial charge in [0.05, 0.1) is 0 Å². The molecule has 0 spiro atoms. The number of nitrogens with two attached hydrogens (primary N) is 1. The number of aromatic nitrogens is 2. The maximum Gasteiger partial charge on any atom is 0.138 e. The van der Waals surface area contributed by atoms with Crippen molar-refractivity contribution in [1.82, 2.24) is 9.97 Å². The van der Waals surface area contributed by atoms with E-state index in [1.807, 2.05) is 6.07 Å². The van der Waals surface area contributed by atoms with Gasteiger partial charge in [0, 0.05) is 17.5 Å².